The SMILES string of the molecule is CC(C)(C)OC(=O)CCCCCCc1ccccc1.CC(C)CC(N=C=S)C(=O)c1ccc(Cl)c(Cl)c1.CC(C)Cc1sc(N(CCCN)Cc2ccccc2)nc1-c1ccc(Cl)c(Cl)c1.CC(C)Cc1sc(N(CCCNC(=O)OC(C)(C)C)Cc2ccccc2)nc1-c1ccc(Cl)c(Cl)c1. The number of nitrogens with two attached hydrogens (primary N) is 1. The number of hydrogen-bond donors (Lipinski definition) is 2. The smallest absolute Gasteiger partial charge is 0.407 e. The first-order valence-corrected chi connectivity index (χ1v) is 39.2. The number of anilines is 2. The van der Waals surface area contributed by atoms with Crippen LogP contribution in [0.2, 0.25) is 30.1 Å². The molecule has 1 amide bonds. The molecule has 6 aromatic carbocycles. The fraction of sp³-hybridized carbons (Fsp3) is 0.432. The number of thiazole rings is 2. The summed E-state index contributed by atoms with van der Waals surface area (Å²) in [6.07, 6.45) is 9.90. The number of amides is 1. The molecule has 102 heavy (non-hydrogen) atoms. The number of alkyl carbamates (subject to hydrolysis) is 1. The van der Waals surface area contributed by atoms with Gasteiger partial charge in [0.15, 0.2) is 16.0 Å². The van der Waals surface area contributed by atoms with Crippen LogP contribution >= 0.6 is 104 Å². The lowest BCUT2D eigenvalue weighted by Gasteiger charge is -2.23. The Morgan fingerprint density at radius 2 is 0.990 bits per heavy atom. The number of hydrogen-bond acceptors (Lipinski definition) is 14. The fourth-order valence-corrected chi connectivity index (χ4v) is 14.1. The number of unbranched alkanes of at least 4 members (excludes halogenated alkanes) is 3. The van der Waals surface area contributed by atoms with Crippen molar-refractivity contribution in [2.45, 2.75) is 184 Å². The number of ketones is 1. The van der Waals surface area contributed by atoms with E-state index in [0.29, 0.717) is 79.4 Å². The van der Waals surface area contributed by atoms with Gasteiger partial charge in [0.25, 0.3) is 0 Å². The van der Waals surface area contributed by atoms with Gasteiger partial charge in [0.2, 0.25) is 0 Å². The van der Waals surface area contributed by atoms with Crippen molar-refractivity contribution >= 4 is 138 Å². The maximum atomic E-state index is 12.3. The quantitative estimate of drug-likeness (QED) is 0.0140. The van der Waals surface area contributed by atoms with Crippen molar-refractivity contribution in [3.63, 3.8) is 0 Å². The van der Waals surface area contributed by atoms with E-state index in [4.69, 9.17) is 94.8 Å². The second kappa shape index (κ2) is 44.8. The summed E-state index contributed by atoms with van der Waals surface area (Å²) >= 11 is 44.7. The topological polar surface area (TPSA) is 152 Å². The second-order valence-electron chi connectivity index (χ2n) is 28.1. The Morgan fingerprint density at radius 1 is 0.549 bits per heavy atom. The van der Waals surface area contributed by atoms with Crippen LogP contribution in [-0.2, 0) is 46.6 Å². The molecule has 0 spiro atoms. The number of ether oxygens (including phenoxy) is 2. The van der Waals surface area contributed by atoms with Crippen molar-refractivity contribution in [2.24, 2.45) is 28.5 Å². The Labute approximate surface area is 650 Å². The van der Waals surface area contributed by atoms with E-state index in [1.165, 1.54) is 39.3 Å². The summed E-state index contributed by atoms with van der Waals surface area (Å²) in [6.45, 7) is 28.6. The summed E-state index contributed by atoms with van der Waals surface area (Å²) in [4.78, 5) is 57.0. The molecule has 0 aliphatic rings. The number of benzene rings is 6. The number of carbonyl (C=O) groups is 3. The molecule has 0 saturated carbocycles. The Morgan fingerprint density at radius 3 is 1.41 bits per heavy atom. The number of esters is 1. The largest absolute Gasteiger partial charge is 0.460 e. The highest BCUT2D eigenvalue weighted by atomic mass is 35.5. The van der Waals surface area contributed by atoms with Crippen molar-refractivity contribution in [2.75, 3.05) is 36.0 Å². The number of Topliss-reactive ketones (excluding diaryl/α,β-unsaturated/α-hetero) is 1. The second-order valence-corrected chi connectivity index (χ2v) is 32.8. The summed E-state index contributed by atoms with van der Waals surface area (Å²) in [5, 5.41) is 10.1. The number of nitrogens with one attached hydrogen (secondary N) is 1. The molecule has 12 nitrogen and oxygen atoms in total. The molecule has 8 aromatic rings. The first kappa shape index (κ1) is 86.7. The van der Waals surface area contributed by atoms with E-state index < -0.39 is 17.7 Å². The minimum Gasteiger partial charge on any atom is -0.460 e. The van der Waals surface area contributed by atoms with Crippen molar-refractivity contribution in [3.05, 3.63) is 208 Å². The van der Waals surface area contributed by atoms with Gasteiger partial charge in [0, 0.05) is 65.6 Å². The van der Waals surface area contributed by atoms with Gasteiger partial charge in [-0.1, -0.05) is 227 Å². The maximum Gasteiger partial charge on any atom is 0.407 e. The molecule has 21 heteroatoms. The van der Waals surface area contributed by atoms with Crippen molar-refractivity contribution < 1.29 is 23.9 Å². The molecule has 550 valence electrons. The van der Waals surface area contributed by atoms with Crippen molar-refractivity contribution in [3.8, 4) is 22.5 Å². The number of isothiocyanates is 1. The molecule has 0 bridgehead atoms. The van der Waals surface area contributed by atoms with E-state index in [1.807, 2.05) is 122 Å². The molecule has 3 N–H and O–H groups in total. The zero-order chi connectivity index (χ0) is 74.9. The van der Waals surface area contributed by atoms with E-state index in [-0.39, 0.29) is 17.4 Å². The third-order valence-electron chi connectivity index (χ3n) is 15.1. The monoisotopic (exact) mass is 1560 g/mol. The number of aromatic nitrogens is 2. The lowest BCUT2D eigenvalue weighted by molar-refractivity contribution is -0.154. The number of halogens is 6. The highest BCUT2D eigenvalue weighted by molar-refractivity contribution is 7.78. The molecule has 2 aromatic heterocycles. The minimum absolute atomic E-state index is 0.0736. The zero-order valence-corrected chi connectivity index (χ0v) is 68.0. The highest BCUT2D eigenvalue weighted by Crippen LogP contribution is 2.40. The van der Waals surface area contributed by atoms with Gasteiger partial charge in [-0.3, -0.25) is 9.59 Å². The molecule has 0 aliphatic carbocycles. The van der Waals surface area contributed by atoms with Crippen LogP contribution in [0, 0.1) is 17.8 Å². The van der Waals surface area contributed by atoms with Crippen LogP contribution in [0.3, 0.4) is 0 Å². The van der Waals surface area contributed by atoms with Crippen molar-refractivity contribution in [1.29, 1.82) is 0 Å². The third-order valence-corrected chi connectivity index (χ3v) is 19.7. The predicted octanol–water partition coefficient (Wildman–Crippen LogP) is 24.1. The van der Waals surface area contributed by atoms with Gasteiger partial charge in [-0.05, 0) is 189 Å². The van der Waals surface area contributed by atoms with Gasteiger partial charge in [0.1, 0.15) is 17.2 Å². The molecule has 8 rings (SSSR count). The summed E-state index contributed by atoms with van der Waals surface area (Å²) in [7, 11) is 0. The zero-order valence-electron chi connectivity index (χ0n) is 61.0. The van der Waals surface area contributed by atoms with Crippen LogP contribution in [-0.4, -0.2) is 76.4 Å². The molecular weight excluding hydrogens is 1460 g/mol. The van der Waals surface area contributed by atoms with Crippen LogP contribution < -0.4 is 20.9 Å². The van der Waals surface area contributed by atoms with Crippen LogP contribution in [0.15, 0.2) is 151 Å². The highest BCUT2D eigenvalue weighted by Gasteiger charge is 2.25. The van der Waals surface area contributed by atoms with Gasteiger partial charge in [-0.15, -0.1) is 22.7 Å². The maximum absolute atomic E-state index is 12.3. The van der Waals surface area contributed by atoms with E-state index in [0.717, 1.165) is 104 Å². The number of rotatable bonds is 31. The van der Waals surface area contributed by atoms with Gasteiger partial charge >= 0.3 is 12.1 Å². The van der Waals surface area contributed by atoms with Crippen LogP contribution in [0.1, 0.15) is 171 Å². The molecule has 2 heterocycles. The van der Waals surface area contributed by atoms with E-state index >= 15 is 0 Å². The summed E-state index contributed by atoms with van der Waals surface area (Å²) < 4.78 is 10.6. The number of carbonyl (C=O) groups excluding carboxylic acids is 3. The average Bonchev–Trinajstić information content (AvgIpc) is 1.66. The first-order valence-electron chi connectivity index (χ1n) is 34.9. The Balaban J connectivity index is 0.000000255. The Kier molecular flexibility index (Phi) is 38.1. The van der Waals surface area contributed by atoms with E-state index in [1.54, 1.807) is 40.9 Å². The molecule has 0 fully saturated rings. The van der Waals surface area contributed by atoms with Crippen LogP contribution in [0.25, 0.3) is 22.5 Å². The lowest BCUT2D eigenvalue weighted by Crippen LogP contribution is -2.34. The molecule has 1 unspecified atom stereocenters. The first-order chi connectivity index (χ1) is 48.4. The number of thiocarbonyl (C=S) groups is 1. The summed E-state index contributed by atoms with van der Waals surface area (Å²) in [5.74, 6) is 1.18. The molecule has 0 aliphatic heterocycles. The summed E-state index contributed by atoms with van der Waals surface area (Å²) in [6, 6.07) is 47.1. The standard InChI is InChI=1S/C28H35Cl2N3O2S.C23H27Cl2N3S.C17H26O2.C13H13Cl2NOS/c1-19(2)16-24-25(21-12-13-22(29)23(30)17-21)32-26(36-24)33(18-20-10-7-6-8-11-20)15-9-14-31-27(34)35-28(3,4)5;1-16(2)13-21-22(18-9-10-19(24)20(25)14-18)27-23(29-21)28(12-6-11-26)15-17-7-4-3-5-8-17;1-17(2,3)19-16(18)14-10-5-4-7-11-15-12-8-6-9-13-15;1-8(2)5-12(16-7-18)13(17)9-3-4-10(14)11(15)6-9/h6-8,10-13,17,19H,9,14-16,18H2,1-5H3,(H,31,34);3-5,7-10,14,16H,6,11-13,15,26H2,1-2H3;6,8-9,12-13H,4-5,7,10-11,14H2,1-3H3;3-4,6,8,12H,5H2,1-2H3. The molecule has 1 atom stereocenters. The number of aryl methyl sites for hydroxylation is 1. The van der Waals surface area contributed by atoms with Gasteiger partial charge in [0.05, 0.1) is 46.7 Å². The predicted molar refractivity (Wildman–Crippen MR) is 438 cm³/mol. The average molecular weight is 1560 g/mol. The minimum atomic E-state index is -0.516. The molecule has 0 saturated heterocycles. The van der Waals surface area contributed by atoms with Gasteiger partial charge in [-0.2, -0.15) is 0 Å². The number of nitrogens with zero attached hydrogens (tertiary/aromatic N) is 5. The van der Waals surface area contributed by atoms with Crippen LogP contribution in [0.4, 0.5) is 15.1 Å². The Hall–Kier alpha value is -5.91. The number of aliphatic imine (C=N–C) groups is 1. The van der Waals surface area contributed by atoms with Gasteiger partial charge in [-0.25, -0.2) is 19.8 Å². The third kappa shape index (κ3) is 32.6. The van der Waals surface area contributed by atoms with Gasteiger partial charge < -0.3 is 30.3 Å². The fourth-order valence-electron chi connectivity index (χ4n) is 10.4. The normalized spacial score (nSPS) is 11.5. The van der Waals surface area contributed by atoms with Crippen LogP contribution in [0.5, 0.6) is 0 Å². The lowest BCUT2D eigenvalue weighted by atomic mass is 9.96. The summed E-state index contributed by atoms with van der Waals surface area (Å²) in [5.41, 5.74) is 13.2. The molecular formula is C81H101Cl6N7O5S3. The van der Waals surface area contributed by atoms with Crippen molar-refractivity contribution in [1.82, 2.24) is 15.3 Å². The Bertz CT molecular complexity index is 3890. The van der Waals surface area contributed by atoms with E-state index in [9.17, 15) is 14.4 Å². The molecule has 0 radical (unpaired) electrons. The van der Waals surface area contributed by atoms with E-state index in [2.05, 4.69) is 126 Å².